The molecule has 0 radical (unpaired) electrons. The number of aromatic nitrogens is 1. The summed E-state index contributed by atoms with van der Waals surface area (Å²) >= 11 is 6.12. The summed E-state index contributed by atoms with van der Waals surface area (Å²) in [6, 6.07) is 2.08. The zero-order valence-electron chi connectivity index (χ0n) is 13.8. The van der Waals surface area contributed by atoms with Crippen LogP contribution in [0.2, 0.25) is 0 Å². The SMILES string of the molecule is Cc1cc(C)c(CCl)c(OC2CC3CCC2(C)C3(C)C)n1. The van der Waals surface area contributed by atoms with Crippen LogP contribution >= 0.6 is 11.6 Å². The molecule has 0 aromatic carbocycles. The monoisotopic (exact) mass is 307 g/mol. The highest BCUT2D eigenvalue weighted by Gasteiger charge is 2.62. The van der Waals surface area contributed by atoms with Crippen LogP contribution in [0.25, 0.3) is 0 Å². The molecule has 2 nitrogen and oxygen atoms in total. The van der Waals surface area contributed by atoms with Crippen molar-refractivity contribution in [3.8, 4) is 5.88 Å². The highest BCUT2D eigenvalue weighted by Crippen LogP contribution is 2.66. The van der Waals surface area contributed by atoms with Crippen molar-refractivity contribution in [3.05, 3.63) is 22.9 Å². The lowest BCUT2D eigenvalue weighted by Gasteiger charge is -2.38. The molecule has 116 valence electrons. The molecule has 21 heavy (non-hydrogen) atoms. The second-order valence-corrected chi connectivity index (χ2v) is 7.98. The first-order valence-corrected chi connectivity index (χ1v) is 8.53. The smallest absolute Gasteiger partial charge is 0.218 e. The van der Waals surface area contributed by atoms with Gasteiger partial charge in [0.2, 0.25) is 5.88 Å². The van der Waals surface area contributed by atoms with Crippen LogP contribution in [-0.4, -0.2) is 11.1 Å². The number of pyridine rings is 1. The van der Waals surface area contributed by atoms with Crippen molar-refractivity contribution in [1.29, 1.82) is 0 Å². The van der Waals surface area contributed by atoms with Gasteiger partial charge in [0.15, 0.2) is 0 Å². The van der Waals surface area contributed by atoms with Crippen LogP contribution in [-0.2, 0) is 5.88 Å². The third-order valence-electron chi connectivity index (χ3n) is 6.54. The van der Waals surface area contributed by atoms with Crippen molar-refractivity contribution >= 4 is 11.6 Å². The fourth-order valence-electron chi connectivity index (χ4n) is 4.53. The van der Waals surface area contributed by atoms with Gasteiger partial charge in [-0.2, -0.15) is 0 Å². The molecule has 2 saturated carbocycles. The quantitative estimate of drug-likeness (QED) is 0.731. The minimum Gasteiger partial charge on any atom is -0.473 e. The molecule has 1 heterocycles. The minimum absolute atomic E-state index is 0.251. The molecule has 0 spiro atoms. The van der Waals surface area contributed by atoms with Gasteiger partial charge in [-0.1, -0.05) is 20.8 Å². The first-order chi connectivity index (χ1) is 9.79. The maximum Gasteiger partial charge on any atom is 0.218 e. The lowest BCUT2D eigenvalue weighted by atomic mass is 9.70. The number of halogens is 1. The van der Waals surface area contributed by atoms with Crippen molar-refractivity contribution in [3.63, 3.8) is 0 Å². The fourth-order valence-corrected chi connectivity index (χ4v) is 4.86. The van der Waals surface area contributed by atoms with Crippen LogP contribution in [0.4, 0.5) is 0 Å². The normalized spacial score (nSPS) is 33.4. The average Bonchev–Trinajstić information content (AvgIpc) is 2.71. The maximum absolute atomic E-state index is 6.44. The molecular formula is C18H26ClNO. The Morgan fingerprint density at radius 3 is 2.57 bits per heavy atom. The van der Waals surface area contributed by atoms with Crippen molar-refractivity contribution < 1.29 is 4.74 Å². The molecule has 2 bridgehead atoms. The molecular weight excluding hydrogens is 282 g/mol. The first-order valence-electron chi connectivity index (χ1n) is 7.99. The van der Waals surface area contributed by atoms with E-state index in [1.165, 1.54) is 18.4 Å². The van der Waals surface area contributed by atoms with Crippen molar-refractivity contribution in [2.24, 2.45) is 16.7 Å². The Morgan fingerprint density at radius 1 is 1.33 bits per heavy atom. The van der Waals surface area contributed by atoms with Gasteiger partial charge in [0.25, 0.3) is 0 Å². The summed E-state index contributed by atoms with van der Waals surface area (Å²) in [7, 11) is 0. The predicted molar refractivity (Wildman–Crippen MR) is 86.9 cm³/mol. The molecule has 0 amide bonds. The minimum atomic E-state index is 0.251. The molecule has 1 aromatic rings. The second-order valence-electron chi connectivity index (χ2n) is 7.71. The highest BCUT2D eigenvalue weighted by atomic mass is 35.5. The highest BCUT2D eigenvalue weighted by molar-refractivity contribution is 6.17. The molecule has 1 aromatic heterocycles. The Kier molecular flexibility index (Phi) is 3.52. The molecule has 2 aliphatic carbocycles. The van der Waals surface area contributed by atoms with E-state index in [0.29, 0.717) is 11.3 Å². The van der Waals surface area contributed by atoms with Crippen LogP contribution in [0.3, 0.4) is 0 Å². The average molecular weight is 308 g/mol. The third-order valence-corrected chi connectivity index (χ3v) is 6.81. The lowest BCUT2D eigenvalue weighted by molar-refractivity contribution is 0.0267. The van der Waals surface area contributed by atoms with E-state index in [-0.39, 0.29) is 11.5 Å². The number of rotatable bonds is 3. The Morgan fingerprint density at radius 2 is 2.05 bits per heavy atom. The Bertz CT molecular complexity index is 569. The van der Waals surface area contributed by atoms with E-state index in [1.807, 2.05) is 6.92 Å². The summed E-state index contributed by atoms with van der Waals surface area (Å²) < 4.78 is 6.44. The van der Waals surface area contributed by atoms with E-state index in [0.717, 1.165) is 29.5 Å². The Hall–Kier alpha value is -0.760. The molecule has 3 rings (SSSR count). The van der Waals surface area contributed by atoms with Gasteiger partial charge in [-0.05, 0) is 56.1 Å². The van der Waals surface area contributed by atoms with E-state index in [2.05, 4.69) is 38.7 Å². The molecule has 3 heteroatoms. The first kappa shape index (κ1) is 15.1. The maximum atomic E-state index is 6.44. The van der Waals surface area contributed by atoms with E-state index in [9.17, 15) is 0 Å². The van der Waals surface area contributed by atoms with Gasteiger partial charge in [0.05, 0.1) is 5.88 Å². The van der Waals surface area contributed by atoms with Gasteiger partial charge in [-0.25, -0.2) is 4.98 Å². The van der Waals surface area contributed by atoms with Crippen molar-refractivity contribution in [2.45, 2.75) is 65.9 Å². The van der Waals surface area contributed by atoms with Gasteiger partial charge in [-0.15, -0.1) is 11.6 Å². The number of ether oxygens (including phenoxy) is 1. The zero-order chi connectivity index (χ0) is 15.4. The number of hydrogen-bond acceptors (Lipinski definition) is 2. The second kappa shape index (κ2) is 4.87. The van der Waals surface area contributed by atoms with Crippen LogP contribution < -0.4 is 4.74 Å². The Labute approximate surface area is 133 Å². The number of fused-ring (bicyclic) bond motifs is 2. The summed E-state index contributed by atoms with van der Waals surface area (Å²) in [5, 5.41) is 0. The van der Waals surface area contributed by atoms with Crippen molar-refractivity contribution in [2.75, 3.05) is 0 Å². The molecule has 2 aliphatic rings. The van der Waals surface area contributed by atoms with E-state index in [4.69, 9.17) is 16.3 Å². The fraction of sp³-hybridized carbons (Fsp3) is 0.722. The number of aryl methyl sites for hydroxylation is 2. The standard InChI is InChI=1S/C18H26ClNO/c1-11-8-12(2)20-16(14(11)10-19)21-15-9-13-6-7-18(15,5)17(13,3)4/h8,13,15H,6-7,9-10H2,1-5H3. The van der Waals surface area contributed by atoms with E-state index in [1.54, 1.807) is 0 Å². The summed E-state index contributed by atoms with van der Waals surface area (Å²) in [5.74, 6) is 2.00. The van der Waals surface area contributed by atoms with E-state index >= 15 is 0 Å². The number of nitrogens with zero attached hydrogens (tertiary/aromatic N) is 1. The number of hydrogen-bond donors (Lipinski definition) is 0. The molecule has 0 N–H and O–H groups in total. The van der Waals surface area contributed by atoms with Crippen LogP contribution in [0, 0.1) is 30.6 Å². The predicted octanol–water partition coefficient (Wildman–Crippen LogP) is 5.03. The van der Waals surface area contributed by atoms with Gasteiger partial charge >= 0.3 is 0 Å². The summed E-state index contributed by atoms with van der Waals surface area (Å²) in [6.07, 6.45) is 4.02. The molecule has 3 unspecified atom stereocenters. The van der Waals surface area contributed by atoms with Crippen LogP contribution in [0.15, 0.2) is 6.07 Å². The number of alkyl halides is 1. The molecule has 3 atom stereocenters. The van der Waals surface area contributed by atoms with Gasteiger partial charge in [-0.3, -0.25) is 0 Å². The van der Waals surface area contributed by atoms with Gasteiger partial charge < -0.3 is 4.74 Å². The summed E-state index contributed by atoms with van der Waals surface area (Å²) in [6.45, 7) is 11.3. The van der Waals surface area contributed by atoms with Crippen LogP contribution in [0.1, 0.15) is 56.9 Å². The third kappa shape index (κ3) is 2.10. The molecule has 0 aliphatic heterocycles. The largest absolute Gasteiger partial charge is 0.473 e. The van der Waals surface area contributed by atoms with Gasteiger partial charge in [0, 0.05) is 16.7 Å². The Balaban J connectivity index is 1.92. The topological polar surface area (TPSA) is 22.1 Å². The molecule has 2 fully saturated rings. The lowest BCUT2D eigenvalue weighted by Crippen LogP contribution is -2.39. The van der Waals surface area contributed by atoms with Gasteiger partial charge in [0.1, 0.15) is 6.10 Å². The van der Waals surface area contributed by atoms with Crippen LogP contribution in [0.5, 0.6) is 5.88 Å². The zero-order valence-corrected chi connectivity index (χ0v) is 14.5. The molecule has 0 saturated heterocycles. The summed E-state index contributed by atoms with van der Waals surface area (Å²) in [5.41, 5.74) is 3.84. The summed E-state index contributed by atoms with van der Waals surface area (Å²) in [4.78, 5) is 4.62. The van der Waals surface area contributed by atoms with E-state index < -0.39 is 0 Å². The van der Waals surface area contributed by atoms with Crippen molar-refractivity contribution in [1.82, 2.24) is 4.98 Å².